The molecule has 0 saturated heterocycles. The third-order valence-electron chi connectivity index (χ3n) is 5.84. The molecule has 1 aliphatic rings. The highest BCUT2D eigenvalue weighted by atomic mass is 16.5. The van der Waals surface area contributed by atoms with Crippen LogP contribution in [-0.4, -0.2) is 44.0 Å². The number of nitrogens with one attached hydrogen (secondary N) is 1. The van der Waals surface area contributed by atoms with Crippen LogP contribution in [0.2, 0.25) is 0 Å². The quantitative estimate of drug-likeness (QED) is 0.597. The number of nitrogens with zero attached hydrogens (tertiary/aromatic N) is 2. The highest BCUT2D eigenvalue weighted by molar-refractivity contribution is 6.07. The Bertz CT molecular complexity index is 1100. The summed E-state index contributed by atoms with van der Waals surface area (Å²) < 4.78 is 5.48. The largest absolute Gasteiger partial charge is 0.484 e. The lowest BCUT2D eigenvalue weighted by Gasteiger charge is -2.27. The molecule has 2 amide bonds. The number of amides is 2. The smallest absolute Gasteiger partial charge is 0.262 e. The lowest BCUT2D eigenvalue weighted by atomic mass is 10.0. The van der Waals surface area contributed by atoms with E-state index in [4.69, 9.17) is 4.74 Å². The van der Waals surface area contributed by atoms with E-state index in [9.17, 15) is 9.59 Å². The predicted molar refractivity (Wildman–Crippen MR) is 131 cm³/mol. The number of ether oxygens (including phenoxy) is 1. The number of anilines is 2. The Balaban J connectivity index is 1.43. The van der Waals surface area contributed by atoms with E-state index in [0.29, 0.717) is 23.5 Å². The van der Waals surface area contributed by atoms with Gasteiger partial charge >= 0.3 is 0 Å². The van der Waals surface area contributed by atoms with Gasteiger partial charge in [0, 0.05) is 29.5 Å². The standard InChI is InChI=1S/C27H29N3O3/c1-29(2)24-13-8-18-30(25-12-7-6-11-23(24)25)27(32)20-14-16-21(17-15-20)28-26(31)19-33-22-9-4-3-5-10-22/h3-7,9-12,14-17,24H,8,13,18-19H2,1-2H3,(H,28,31). The van der Waals surface area contributed by atoms with Crippen molar-refractivity contribution in [3.63, 3.8) is 0 Å². The predicted octanol–water partition coefficient (Wildman–Crippen LogP) is 4.75. The molecule has 33 heavy (non-hydrogen) atoms. The Morgan fingerprint density at radius 1 is 0.970 bits per heavy atom. The first kappa shape index (κ1) is 22.6. The summed E-state index contributed by atoms with van der Waals surface area (Å²) in [5.74, 6) is 0.351. The van der Waals surface area contributed by atoms with Crippen molar-refractivity contribution in [3.8, 4) is 5.75 Å². The maximum atomic E-state index is 13.4. The summed E-state index contributed by atoms with van der Waals surface area (Å²) in [5, 5.41) is 2.81. The van der Waals surface area contributed by atoms with Crippen LogP contribution in [0, 0.1) is 0 Å². The summed E-state index contributed by atoms with van der Waals surface area (Å²) in [6.07, 6.45) is 1.93. The minimum Gasteiger partial charge on any atom is -0.484 e. The third-order valence-corrected chi connectivity index (χ3v) is 5.84. The average molecular weight is 444 g/mol. The first-order chi connectivity index (χ1) is 16.0. The highest BCUT2D eigenvalue weighted by Crippen LogP contribution is 2.36. The van der Waals surface area contributed by atoms with E-state index >= 15 is 0 Å². The van der Waals surface area contributed by atoms with E-state index < -0.39 is 0 Å². The SMILES string of the molecule is CN(C)C1CCCN(C(=O)c2ccc(NC(=O)COc3ccccc3)cc2)c2ccccc21. The molecule has 0 aromatic heterocycles. The zero-order chi connectivity index (χ0) is 23.2. The van der Waals surface area contributed by atoms with Crippen molar-refractivity contribution in [2.45, 2.75) is 18.9 Å². The minimum absolute atomic E-state index is 0.0351. The van der Waals surface area contributed by atoms with Gasteiger partial charge in [-0.1, -0.05) is 36.4 Å². The second-order valence-electron chi connectivity index (χ2n) is 8.36. The molecule has 1 unspecified atom stereocenters. The Morgan fingerprint density at radius 2 is 1.67 bits per heavy atom. The van der Waals surface area contributed by atoms with Gasteiger partial charge in [0.25, 0.3) is 11.8 Å². The fraction of sp³-hybridized carbons (Fsp3) is 0.259. The number of hydrogen-bond acceptors (Lipinski definition) is 4. The summed E-state index contributed by atoms with van der Waals surface area (Å²) >= 11 is 0. The zero-order valence-corrected chi connectivity index (χ0v) is 19.0. The third kappa shape index (κ3) is 5.41. The molecule has 3 aromatic rings. The minimum atomic E-state index is -0.255. The molecule has 3 aromatic carbocycles. The molecule has 1 heterocycles. The van der Waals surface area contributed by atoms with Crippen molar-refractivity contribution >= 4 is 23.2 Å². The summed E-state index contributed by atoms with van der Waals surface area (Å²) in [5.41, 5.74) is 3.36. The lowest BCUT2D eigenvalue weighted by molar-refractivity contribution is -0.118. The number of benzene rings is 3. The van der Waals surface area contributed by atoms with E-state index in [1.807, 2.05) is 41.3 Å². The van der Waals surface area contributed by atoms with Crippen LogP contribution < -0.4 is 15.0 Å². The second-order valence-corrected chi connectivity index (χ2v) is 8.36. The number of carbonyl (C=O) groups is 2. The van der Waals surface area contributed by atoms with Crippen LogP contribution in [0.25, 0.3) is 0 Å². The van der Waals surface area contributed by atoms with Gasteiger partial charge in [-0.3, -0.25) is 9.59 Å². The van der Waals surface area contributed by atoms with Crippen molar-refractivity contribution in [1.82, 2.24) is 4.90 Å². The molecule has 170 valence electrons. The van der Waals surface area contributed by atoms with Crippen molar-refractivity contribution in [1.29, 1.82) is 0 Å². The Kier molecular flexibility index (Phi) is 7.05. The van der Waals surface area contributed by atoms with Crippen LogP contribution in [0.5, 0.6) is 5.75 Å². The van der Waals surface area contributed by atoms with E-state index in [-0.39, 0.29) is 24.5 Å². The molecule has 0 saturated carbocycles. The van der Waals surface area contributed by atoms with Gasteiger partial charge < -0.3 is 19.9 Å². The molecule has 0 aliphatic carbocycles. The van der Waals surface area contributed by atoms with E-state index in [2.05, 4.69) is 30.4 Å². The van der Waals surface area contributed by atoms with Gasteiger partial charge in [0.05, 0.1) is 0 Å². The topological polar surface area (TPSA) is 61.9 Å². The van der Waals surface area contributed by atoms with E-state index in [1.54, 1.807) is 36.4 Å². The molecule has 6 nitrogen and oxygen atoms in total. The zero-order valence-electron chi connectivity index (χ0n) is 19.0. The van der Waals surface area contributed by atoms with Crippen LogP contribution >= 0.6 is 0 Å². The number of para-hydroxylation sites is 2. The summed E-state index contributed by atoms with van der Waals surface area (Å²) in [6.45, 7) is 0.595. The molecular formula is C27H29N3O3. The van der Waals surface area contributed by atoms with E-state index in [0.717, 1.165) is 18.5 Å². The summed E-state index contributed by atoms with van der Waals surface area (Å²) in [4.78, 5) is 29.7. The Labute approximate surface area is 194 Å². The first-order valence-corrected chi connectivity index (χ1v) is 11.2. The van der Waals surface area contributed by atoms with Gasteiger partial charge in [0.15, 0.2) is 6.61 Å². The number of carbonyl (C=O) groups excluding carboxylic acids is 2. The van der Waals surface area contributed by atoms with E-state index in [1.165, 1.54) is 5.56 Å². The molecular weight excluding hydrogens is 414 g/mol. The van der Waals surface area contributed by atoms with Gasteiger partial charge in [-0.25, -0.2) is 0 Å². The van der Waals surface area contributed by atoms with Crippen molar-refractivity contribution < 1.29 is 14.3 Å². The number of rotatable bonds is 6. The van der Waals surface area contributed by atoms with Gasteiger partial charge in [0.1, 0.15) is 5.75 Å². The maximum Gasteiger partial charge on any atom is 0.262 e. The molecule has 4 rings (SSSR count). The Hall–Kier alpha value is -3.64. The molecule has 1 atom stereocenters. The van der Waals surface area contributed by atoms with Crippen LogP contribution in [-0.2, 0) is 4.79 Å². The molecule has 0 spiro atoms. The monoisotopic (exact) mass is 443 g/mol. The summed E-state index contributed by atoms with van der Waals surface area (Å²) in [6, 6.07) is 24.6. The Morgan fingerprint density at radius 3 is 2.39 bits per heavy atom. The van der Waals surface area contributed by atoms with Crippen molar-refractivity contribution in [3.05, 3.63) is 90.0 Å². The van der Waals surface area contributed by atoms with Crippen LogP contribution in [0.1, 0.15) is 34.8 Å². The van der Waals surface area contributed by atoms with Gasteiger partial charge in [-0.15, -0.1) is 0 Å². The number of hydrogen-bond donors (Lipinski definition) is 1. The van der Waals surface area contributed by atoms with Gasteiger partial charge in [-0.2, -0.15) is 0 Å². The normalized spacial score (nSPS) is 15.5. The van der Waals surface area contributed by atoms with Crippen LogP contribution in [0.15, 0.2) is 78.9 Å². The molecule has 0 fully saturated rings. The highest BCUT2D eigenvalue weighted by Gasteiger charge is 2.27. The molecule has 1 aliphatic heterocycles. The van der Waals surface area contributed by atoms with Gasteiger partial charge in [-0.05, 0) is 75.0 Å². The molecule has 0 bridgehead atoms. The lowest BCUT2D eigenvalue weighted by Crippen LogP contribution is -2.31. The van der Waals surface area contributed by atoms with Crippen molar-refractivity contribution in [2.75, 3.05) is 37.5 Å². The van der Waals surface area contributed by atoms with Crippen molar-refractivity contribution in [2.24, 2.45) is 0 Å². The fourth-order valence-corrected chi connectivity index (χ4v) is 4.20. The van der Waals surface area contributed by atoms with Gasteiger partial charge in [0.2, 0.25) is 0 Å². The number of fused-ring (bicyclic) bond motifs is 1. The molecule has 0 radical (unpaired) electrons. The summed E-state index contributed by atoms with van der Waals surface area (Å²) in [7, 11) is 4.16. The fourth-order valence-electron chi connectivity index (χ4n) is 4.20. The first-order valence-electron chi connectivity index (χ1n) is 11.2. The second kappa shape index (κ2) is 10.3. The van der Waals surface area contributed by atoms with Crippen LogP contribution in [0.4, 0.5) is 11.4 Å². The molecule has 1 N–H and O–H groups in total. The van der Waals surface area contributed by atoms with Crippen LogP contribution in [0.3, 0.4) is 0 Å². The maximum absolute atomic E-state index is 13.4. The average Bonchev–Trinajstić information content (AvgIpc) is 3.03. The molecule has 6 heteroatoms.